The number of nitrogens with one attached hydrogen (secondary N) is 1. The third-order valence-electron chi connectivity index (χ3n) is 2.63. The minimum atomic E-state index is -1.10. The zero-order chi connectivity index (χ0) is 15.6. The number of hydrogen-bond donors (Lipinski definition) is 2. The molecule has 0 fully saturated rings. The molecule has 21 heavy (non-hydrogen) atoms. The van der Waals surface area contributed by atoms with Crippen molar-refractivity contribution in [3.05, 3.63) is 60.0 Å². The molecule has 0 aromatic heterocycles. The highest BCUT2D eigenvalue weighted by molar-refractivity contribution is 14.1. The fraction of sp³-hybridized carbons (Fsp3) is 0. The first kappa shape index (κ1) is 16.4. The summed E-state index contributed by atoms with van der Waals surface area (Å²) in [6.45, 7) is 0. The number of carboxylic acid groups (broad SMARTS) is 1. The van der Waals surface area contributed by atoms with Crippen molar-refractivity contribution in [1.29, 1.82) is 0 Å². The Morgan fingerprint density at radius 2 is 1.76 bits per heavy atom. The third kappa shape index (κ3) is 4.04. The Morgan fingerprint density at radius 1 is 1.05 bits per heavy atom. The smallest absolute Gasteiger partial charge is 0.337 e. The fourth-order valence-electron chi connectivity index (χ4n) is 1.67. The number of carbonyl (C=O) groups is 2. The standard InChI is InChI=1S/C14H8Br2INO3/c15-7-1-3-9(14(20)21)12(5-7)18-13(19)10-6-8(17)2-4-11(10)16/h1-6H,(H,18,19)(H,20,21). The minimum Gasteiger partial charge on any atom is -0.478 e. The van der Waals surface area contributed by atoms with E-state index in [1.807, 2.05) is 6.07 Å². The molecule has 0 aliphatic rings. The van der Waals surface area contributed by atoms with Crippen LogP contribution < -0.4 is 5.32 Å². The largest absolute Gasteiger partial charge is 0.478 e. The first-order valence-corrected chi connectivity index (χ1v) is 8.34. The van der Waals surface area contributed by atoms with E-state index in [1.54, 1.807) is 24.3 Å². The van der Waals surface area contributed by atoms with Gasteiger partial charge in [-0.1, -0.05) is 15.9 Å². The first-order chi connectivity index (χ1) is 9.88. The maximum absolute atomic E-state index is 12.3. The normalized spacial score (nSPS) is 10.2. The monoisotopic (exact) mass is 523 g/mol. The quantitative estimate of drug-likeness (QED) is 0.569. The molecule has 0 atom stereocenters. The second-order valence-electron chi connectivity index (χ2n) is 4.07. The van der Waals surface area contributed by atoms with Crippen LogP contribution in [-0.2, 0) is 0 Å². The van der Waals surface area contributed by atoms with Crippen molar-refractivity contribution >= 4 is 72.0 Å². The molecule has 0 heterocycles. The van der Waals surface area contributed by atoms with Gasteiger partial charge in [-0.2, -0.15) is 0 Å². The Labute approximate surface area is 151 Å². The SMILES string of the molecule is O=C(Nc1cc(Br)ccc1C(=O)O)c1cc(I)ccc1Br. The van der Waals surface area contributed by atoms with Crippen molar-refractivity contribution < 1.29 is 14.7 Å². The Kier molecular flexibility index (Phi) is 5.39. The molecule has 7 heteroatoms. The number of carbonyl (C=O) groups excluding carboxylic acids is 1. The molecular weight excluding hydrogens is 517 g/mol. The molecule has 0 saturated heterocycles. The second kappa shape index (κ2) is 6.89. The van der Waals surface area contributed by atoms with Crippen molar-refractivity contribution in [2.45, 2.75) is 0 Å². The van der Waals surface area contributed by atoms with E-state index in [0.717, 1.165) is 3.57 Å². The Balaban J connectivity index is 2.38. The third-order valence-corrected chi connectivity index (χ3v) is 4.49. The van der Waals surface area contributed by atoms with Gasteiger partial charge in [0.2, 0.25) is 0 Å². The highest BCUT2D eigenvalue weighted by atomic mass is 127. The summed E-state index contributed by atoms with van der Waals surface area (Å²) in [7, 11) is 0. The average Bonchev–Trinajstić information content (AvgIpc) is 2.41. The van der Waals surface area contributed by atoms with E-state index >= 15 is 0 Å². The number of amides is 1. The average molecular weight is 525 g/mol. The van der Waals surface area contributed by atoms with Crippen LogP contribution in [0.2, 0.25) is 0 Å². The number of hydrogen-bond acceptors (Lipinski definition) is 2. The van der Waals surface area contributed by atoms with Crippen LogP contribution in [0.4, 0.5) is 5.69 Å². The highest BCUT2D eigenvalue weighted by Crippen LogP contribution is 2.24. The van der Waals surface area contributed by atoms with Crippen LogP contribution >= 0.6 is 54.5 Å². The zero-order valence-electron chi connectivity index (χ0n) is 10.4. The van der Waals surface area contributed by atoms with Gasteiger partial charge < -0.3 is 10.4 Å². The summed E-state index contributed by atoms with van der Waals surface area (Å²) < 4.78 is 2.24. The van der Waals surface area contributed by atoms with E-state index < -0.39 is 5.97 Å². The number of halogens is 3. The van der Waals surface area contributed by atoms with Gasteiger partial charge in [-0.15, -0.1) is 0 Å². The molecule has 2 aromatic rings. The molecule has 0 spiro atoms. The molecular formula is C14H8Br2INO3. The lowest BCUT2D eigenvalue weighted by Crippen LogP contribution is -2.15. The predicted octanol–water partition coefficient (Wildman–Crippen LogP) is 4.77. The predicted molar refractivity (Wildman–Crippen MR) is 95.9 cm³/mol. The van der Waals surface area contributed by atoms with Gasteiger partial charge >= 0.3 is 5.97 Å². The van der Waals surface area contributed by atoms with Gasteiger partial charge in [0, 0.05) is 12.5 Å². The molecule has 0 aliphatic carbocycles. The van der Waals surface area contributed by atoms with E-state index in [2.05, 4.69) is 59.8 Å². The number of anilines is 1. The van der Waals surface area contributed by atoms with Crippen molar-refractivity contribution in [2.75, 3.05) is 5.32 Å². The molecule has 0 aliphatic heterocycles. The van der Waals surface area contributed by atoms with Gasteiger partial charge in [0.1, 0.15) is 0 Å². The van der Waals surface area contributed by atoms with Crippen LogP contribution in [0.5, 0.6) is 0 Å². The number of carboxylic acids is 1. The highest BCUT2D eigenvalue weighted by Gasteiger charge is 2.16. The van der Waals surface area contributed by atoms with E-state index in [9.17, 15) is 9.59 Å². The molecule has 108 valence electrons. The van der Waals surface area contributed by atoms with Crippen LogP contribution in [0.3, 0.4) is 0 Å². The summed E-state index contributed by atoms with van der Waals surface area (Å²) in [5.74, 6) is -1.47. The maximum atomic E-state index is 12.3. The molecule has 2 aromatic carbocycles. The van der Waals surface area contributed by atoms with E-state index in [-0.39, 0.29) is 17.2 Å². The summed E-state index contributed by atoms with van der Waals surface area (Å²) in [5.41, 5.74) is 0.721. The van der Waals surface area contributed by atoms with Gasteiger partial charge in [0.25, 0.3) is 5.91 Å². The molecule has 0 unspecified atom stereocenters. The summed E-state index contributed by atoms with van der Waals surface area (Å²) in [6.07, 6.45) is 0. The first-order valence-electron chi connectivity index (χ1n) is 5.67. The molecule has 0 radical (unpaired) electrons. The molecule has 4 nitrogen and oxygen atoms in total. The van der Waals surface area contributed by atoms with E-state index in [4.69, 9.17) is 5.11 Å². The van der Waals surface area contributed by atoms with E-state index in [0.29, 0.717) is 14.5 Å². The van der Waals surface area contributed by atoms with Gasteiger partial charge in [-0.25, -0.2) is 4.79 Å². The summed E-state index contributed by atoms with van der Waals surface area (Å²) in [6, 6.07) is 9.97. The topological polar surface area (TPSA) is 66.4 Å². The van der Waals surface area contributed by atoms with Crippen molar-refractivity contribution in [3.8, 4) is 0 Å². The van der Waals surface area contributed by atoms with Crippen LogP contribution in [0.25, 0.3) is 0 Å². The summed E-state index contributed by atoms with van der Waals surface area (Å²) in [5, 5.41) is 11.8. The number of benzene rings is 2. The second-order valence-corrected chi connectivity index (χ2v) is 7.09. The molecule has 2 rings (SSSR count). The Hall–Kier alpha value is -0.930. The Morgan fingerprint density at radius 3 is 2.43 bits per heavy atom. The fourth-order valence-corrected chi connectivity index (χ4v) is 2.95. The van der Waals surface area contributed by atoms with Crippen LogP contribution in [-0.4, -0.2) is 17.0 Å². The zero-order valence-corrected chi connectivity index (χ0v) is 15.7. The number of rotatable bonds is 3. The lowest BCUT2D eigenvalue weighted by Gasteiger charge is -2.10. The summed E-state index contributed by atoms with van der Waals surface area (Å²) >= 11 is 8.69. The van der Waals surface area contributed by atoms with Gasteiger partial charge in [0.15, 0.2) is 0 Å². The van der Waals surface area contributed by atoms with Crippen LogP contribution in [0, 0.1) is 3.57 Å². The van der Waals surface area contributed by atoms with Crippen LogP contribution in [0.1, 0.15) is 20.7 Å². The van der Waals surface area contributed by atoms with Gasteiger partial charge in [0.05, 0.1) is 16.8 Å². The van der Waals surface area contributed by atoms with Crippen molar-refractivity contribution in [1.82, 2.24) is 0 Å². The lowest BCUT2D eigenvalue weighted by molar-refractivity contribution is 0.0698. The van der Waals surface area contributed by atoms with Gasteiger partial charge in [-0.05, 0) is 74.9 Å². The number of aromatic carboxylic acids is 1. The van der Waals surface area contributed by atoms with Crippen molar-refractivity contribution in [2.24, 2.45) is 0 Å². The molecule has 0 bridgehead atoms. The van der Waals surface area contributed by atoms with Gasteiger partial charge in [-0.3, -0.25) is 4.79 Å². The summed E-state index contributed by atoms with van der Waals surface area (Å²) in [4.78, 5) is 23.5. The van der Waals surface area contributed by atoms with Crippen molar-refractivity contribution in [3.63, 3.8) is 0 Å². The van der Waals surface area contributed by atoms with Crippen LogP contribution in [0.15, 0.2) is 45.3 Å². The maximum Gasteiger partial charge on any atom is 0.337 e. The lowest BCUT2D eigenvalue weighted by atomic mass is 10.1. The van der Waals surface area contributed by atoms with E-state index in [1.165, 1.54) is 6.07 Å². The molecule has 0 saturated carbocycles. The Bertz CT molecular complexity index is 734. The molecule has 1 amide bonds. The minimum absolute atomic E-state index is 0.0355. The molecule has 2 N–H and O–H groups in total.